The average Bonchev–Trinajstić information content (AvgIpc) is 3.17. The molecule has 0 aromatic heterocycles. The Kier molecular flexibility index (Phi) is 9.96. The second kappa shape index (κ2) is 14.0. The van der Waals surface area contributed by atoms with Crippen LogP contribution in [0, 0.1) is 6.92 Å². The summed E-state index contributed by atoms with van der Waals surface area (Å²) < 4.78 is 11.5. The number of likely N-dealkylation sites (N-methyl/N-ethyl adjacent to an activating group) is 1. The summed E-state index contributed by atoms with van der Waals surface area (Å²) in [5.41, 5.74) is 10.5. The van der Waals surface area contributed by atoms with E-state index in [0.29, 0.717) is 25.6 Å². The van der Waals surface area contributed by atoms with E-state index >= 15 is 0 Å². The molecule has 0 aliphatic heterocycles. The van der Waals surface area contributed by atoms with Gasteiger partial charge in [0.05, 0.1) is 6.04 Å². The number of rotatable bonds is 12. The van der Waals surface area contributed by atoms with E-state index < -0.39 is 12.1 Å². The van der Waals surface area contributed by atoms with Crippen LogP contribution >= 0.6 is 0 Å². The highest BCUT2D eigenvalue weighted by Crippen LogP contribution is 2.38. The second-order valence-electron chi connectivity index (χ2n) is 11.7. The number of carbonyl (C=O) groups is 1. The minimum absolute atomic E-state index is 0.145. The van der Waals surface area contributed by atoms with Gasteiger partial charge in [0, 0.05) is 25.5 Å². The molecule has 3 atom stereocenters. The van der Waals surface area contributed by atoms with Gasteiger partial charge in [-0.3, -0.25) is 4.90 Å². The first-order valence-corrected chi connectivity index (χ1v) is 15.4. The Hall–Kier alpha value is -3.93. The van der Waals surface area contributed by atoms with Crippen molar-refractivity contribution in [3.63, 3.8) is 0 Å². The van der Waals surface area contributed by atoms with E-state index in [1.807, 2.05) is 24.3 Å². The van der Waals surface area contributed by atoms with Crippen LogP contribution in [0.25, 0.3) is 0 Å². The van der Waals surface area contributed by atoms with Gasteiger partial charge in [0.25, 0.3) is 0 Å². The summed E-state index contributed by atoms with van der Waals surface area (Å²) in [5.74, 6) is 0.172. The molecule has 224 valence electrons. The summed E-state index contributed by atoms with van der Waals surface area (Å²) in [4.78, 5) is 13.8. The Morgan fingerprint density at radius 2 is 1.58 bits per heavy atom. The number of carboxylic acids is 1. The van der Waals surface area contributed by atoms with Crippen LogP contribution in [0.15, 0.2) is 91.0 Å². The van der Waals surface area contributed by atoms with Crippen LogP contribution in [0.1, 0.15) is 70.3 Å². The van der Waals surface area contributed by atoms with Gasteiger partial charge in [-0.25, -0.2) is 4.79 Å². The first-order valence-electron chi connectivity index (χ1n) is 15.4. The molecule has 0 saturated carbocycles. The van der Waals surface area contributed by atoms with Crippen molar-refractivity contribution in [2.45, 2.75) is 58.1 Å². The summed E-state index contributed by atoms with van der Waals surface area (Å²) in [6.07, 6.45) is 1.56. The fourth-order valence-electron chi connectivity index (χ4n) is 6.23. The third-order valence-electron chi connectivity index (χ3n) is 8.66. The zero-order valence-corrected chi connectivity index (χ0v) is 25.8. The number of nitrogens with zero attached hydrogens (tertiary/aromatic N) is 1. The number of benzene rings is 4. The summed E-state index contributed by atoms with van der Waals surface area (Å²) in [6, 6.07) is 32.6. The van der Waals surface area contributed by atoms with E-state index in [-0.39, 0.29) is 6.04 Å². The summed E-state index contributed by atoms with van der Waals surface area (Å²) in [6.45, 7) is 7.95. The topological polar surface area (TPSA) is 59.0 Å². The summed E-state index contributed by atoms with van der Waals surface area (Å²) >= 11 is 0. The molecule has 0 bridgehead atoms. The van der Waals surface area contributed by atoms with E-state index in [9.17, 15) is 9.90 Å². The van der Waals surface area contributed by atoms with Crippen LogP contribution in [-0.2, 0) is 28.8 Å². The zero-order chi connectivity index (χ0) is 30.3. The fourth-order valence-corrected chi connectivity index (χ4v) is 6.23. The van der Waals surface area contributed by atoms with Crippen molar-refractivity contribution >= 4 is 5.97 Å². The molecule has 5 heteroatoms. The van der Waals surface area contributed by atoms with Crippen LogP contribution in [0.5, 0.6) is 5.75 Å². The zero-order valence-electron chi connectivity index (χ0n) is 25.8. The number of hydrogen-bond donors (Lipinski definition) is 1. The Morgan fingerprint density at radius 3 is 2.26 bits per heavy atom. The van der Waals surface area contributed by atoms with Gasteiger partial charge < -0.3 is 14.6 Å². The van der Waals surface area contributed by atoms with E-state index in [1.165, 1.54) is 38.9 Å². The first-order chi connectivity index (χ1) is 20.8. The van der Waals surface area contributed by atoms with Crippen molar-refractivity contribution in [2.24, 2.45) is 0 Å². The lowest BCUT2D eigenvalue weighted by Crippen LogP contribution is -2.30. The number of fused-ring (bicyclic) bond motifs is 2. The molecule has 0 amide bonds. The lowest BCUT2D eigenvalue weighted by atomic mass is 9.87. The maximum atomic E-state index is 11.4. The van der Waals surface area contributed by atoms with Gasteiger partial charge in [0.15, 0.2) is 6.10 Å². The van der Waals surface area contributed by atoms with Crippen LogP contribution in [0.3, 0.4) is 0 Å². The highest BCUT2D eigenvalue weighted by Gasteiger charge is 2.28. The molecule has 0 fully saturated rings. The molecule has 4 aromatic carbocycles. The molecular formula is C38H43NO4. The summed E-state index contributed by atoms with van der Waals surface area (Å²) in [7, 11) is 2.19. The van der Waals surface area contributed by atoms with Crippen LogP contribution in [-0.4, -0.2) is 48.9 Å². The average molecular weight is 578 g/mol. The normalized spacial score (nSPS) is 15.7. The smallest absolute Gasteiger partial charge is 0.333 e. The van der Waals surface area contributed by atoms with Crippen molar-refractivity contribution < 1.29 is 19.4 Å². The maximum Gasteiger partial charge on any atom is 0.333 e. The maximum absolute atomic E-state index is 11.4. The van der Waals surface area contributed by atoms with Crippen molar-refractivity contribution in [2.75, 3.05) is 26.8 Å². The molecule has 0 spiro atoms. The van der Waals surface area contributed by atoms with E-state index in [4.69, 9.17) is 9.47 Å². The van der Waals surface area contributed by atoms with Gasteiger partial charge in [-0.15, -0.1) is 0 Å². The van der Waals surface area contributed by atoms with E-state index in [0.717, 1.165) is 30.7 Å². The third kappa shape index (κ3) is 7.35. The first kappa shape index (κ1) is 30.5. The predicted molar refractivity (Wildman–Crippen MR) is 172 cm³/mol. The van der Waals surface area contributed by atoms with Gasteiger partial charge in [-0.2, -0.15) is 0 Å². The third-order valence-corrected chi connectivity index (χ3v) is 8.66. The van der Waals surface area contributed by atoms with Crippen molar-refractivity contribution in [3.8, 4) is 5.75 Å². The van der Waals surface area contributed by atoms with Gasteiger partial charge in [-0.1, -0.05) is 91.3 Å². The number of hydrogen-bond acceptors (Lipinski definition) is 4. The van der Waals surface area contributed by atoms with Gasteiger partial charge in [-0.05, 0) is 84.8 Å². The van der Waals surface area contributed by atoms with Crippen LogP contribution < -0.4 is 4.74 Å². The molecule has 1 aliphatic rings. The molecule has 1 aliphatic carbocycles. The Labute approximate surface area is 256 Å². The largest absolute Gasteiger partial charge is 0.492 e. The molecule has 5 nitrogen and oxygen atoms in total. The molecule has 43 heavy (non-hydrogen) atoms. The Balaban J connectivity index is 1.31. The number of aliphatic carboxylic acids is 1. The lowest BCUT2D eigenvalue weighted by molar-refractivity contribution is -0.149. The predicted octanol–water partition coefficient (Wildman–Crippen LogP) is 7.38. The molecule has 4 aromatic rings. The number of carboxylic acid groups (broad SMARTS) is 1. The van der Waals surface area contributed by atoms with Crippen molar-refractivity contribution in [3.05, 3.63) is 136 Å². The number of aryl methyl sites for hydroxylation is 3. The molecule has 5 rings (SSSR count). The molecule has 3 unspecified atom stereocenters. The van der Waals surface area contributed by atoms with Gasteiger partial charge >= 0.3 is 5.97 Å². The SMILES string of the molecule is CCOC(Cc1ccc(OCCN(C)C2c3ccc(C)cc3CCc3cc(C(C)c4ccccc4)ccc32)cc1)C(=O)O. The van der Waals surface area contributed by atoms with Gasteiger partial charge in [0.1, 0.15) is 12.4 Å². The Bertz CT molecular complexity index is 1520. The fraction of sp³-hybridized carbons (Fsp3) is 0.342. The van der Waals surface area contributed by atoms with E-state index in [2.05, 4.69) is 92.5 Å². The monoisotopic (exact) mass is 577 g/mol. The molecule has 0 radical (unpaired) electrons. The molecule has 1 N–H and O–H groups in total. The Morgan fingerprint density at radius 1 is 0.907 bits per heavy atom. The standard InChI is InChI=1S/C38H43NO4/c1-5-42-36(38(40)41)24-28-12-17-33(18-13-28)43-22-21-39(4)37-34-19-11-26(2)23-31(34)14-15-32-25-30(16-20-35(32)37)27(3)29-9-7-6-8-10-29/h6-13,16-20,23,25,27,36-37H,5,14-15,21-22,24H2,1-4H3,(H,40,41). The highest BCUT2D eigenvalue weighted by atomic mass is 16.5. The van der Waals surface area contributed by atoms with Gasteiger partial charge in [0.2, 0.25) is 0 Å². The molecular weight excluding hydrogens is 534 g/mol. The lowest BCUT2D eigenvalue weighted by Gasteiger charge is -2.31. The van der Waals surface area contributed by atoms with Crippen LogP contribution in [0.4, 0.5) is 0 Å². The molecule has 0 heterocycles. The van der Waals surface area contributed by atoms with Crippen molar-refractivity contribution in [1.29, 1.82) is 0 Å². The molecule has 0 saturated heterocycles. The van der Waals surface area contributed by atoms with E-state index in [1.54, 1.807) is 6.92 Å². The summed E-state index contributed by atoms with van der Waals surface area (Å²) in [5, 5.41) is 9.38. The quantitative estimate of drug-likeness (QED) is 0.190. The minimum atomic E-state index is -0.941. The van der Waals surface area contributed by atoms with Crippen molar-refractivity contribution in [1.82, 2.24) is 4.90 Å². The second-order valence-corrected chi connectivity index (χ2v) is 11.7. The highest BCUT2D eigenvalue weighted by molar-refractivity contribution is 5.72. The minimum Gasteiger partial charge on any atom is -0.492 e. The number of ether oxygens (including phenoxy) is 2. The van der Waals surface area contributed by atoms with Crippen LogP contribution in [0.2, 0.25) is 0 Å².